The average Bonchev–Trinajstić information content (AvgIpc) is 2.68. The first-order chi connectivity index (χ1) is 8.04. The maximum Gasteiger partial charge on any atom is 0.160 e. The van der Waals surface area contributed by atoms with Gasteiger partial charge in [0.1, 0.15) is 11.3 Å². The first-order valence-corrected chi connectivity index (χ1v) is 6.11. The lowest BCUT2D eigenvalue weighted by Crippen LogP contribution is -1.99. The molecule has 5 heteroatoms. The van der Waals surface area contributed by atoms with Gasteiger partial charge in [0.2, 0.25) is 0 Å². The highest BCUT2D eigenvalue weighted by molar-refractivity contribution is 6.30. The van der Waals surface area contributed by atoms with Crippen molar-refractivity contribution in [2.24, 2.45) is 0 Å². The molecule has 3 nitrogen and oxygen atoms in total. The van der Waals surface area contributed by atoms with Gasteiger partial charge in [-0.1, -0.05) is 18.5 Å². The van der Waals surface area contributed by atoms with Crippen LogP contribution in [0.2, 0.25) is 5.15 Å². The number of alkyl halides is 1. The highest BCUT2D eigenvalue weighted by Gasteiger charge is 2.16. The summed E-state index contributed by atoms with van der Waals surface area (Å²) in [6.07, 6.45) is 0.669. The molecule has 2 heterocycles. The Morgan fingerprint density at radius 2 is 2.24 bits per heavy atom. The van der Waals surface area contributed by atoms with Crippen molar-refractivity contribution in [1.29, 1.82) is 0 Å². The Kier molecular flexibility index (Phi) is 3.33. The van der Waals surface area contributed by atoms with E-state index in [-0.39, 0.29) is 0 Å². The second kappa shape index (κ2) is 4.61. The first-order valence-electron chi connectivity index (χ1n) is 5.73. The van der Waals surface area contributed by atoms with E-state index in [0.29, 0.717) is 16.4 Å². The summed E-state index contributed by atoms with van der Waals surface area (Å²) in [5.74, 6) is 0.751. The molecule has 92 valence electrons. The zero-order valence-electron chi connectivity index (χ0n) is 10.2. The van der Waals surface area contributed by atoms with Crippen molar-refractivity contribution in [3.05, 3.63) is 28.2 Å². The molecule has 0 bridgehead atoms. The van der Waals surface area contributed by atoms with E-state index in [2.05, 4.69) is 17.0 Å². The van der Waals surface area contributed by atoms with Crippen molar-refractivity contribution in [2.75, 3.05) is 0 Å². The lowest BCUT2D eigenvalue weighted by atomic mass is 10.1. The number of halogens is 2. The van der Waals surface area contributed by atoms with Crippen molar-refractivity contribution < 1.29 is 4.39 Å². The van der Waals surface area contributed by atoms with Gasteiger partial charge in [0.05, 0.1) is 0 Å². The monoisotopic (exact) mass is 255 g/mol. The van der Waals surface area contributed by atoms with Gasteiger partial charge in [-0.05, 0) is 31.9 Å². The molecule has 1 atom stereocenters. The minimum Gasteiger partial charge on any atom is -0.242 e. The Labute approximate surface area is 105 Å². The van der Waals surface area contributed by atoms with Crippen molar-refractivity contribution >= 4 is 17.2 Å². The van der Waals surface area contributed by atoms with Crippen molar-refractivity contribution in [2.45, 2.75) is 39.8 Å². The minimum absolute atomic E-state index is 0.315. The molecule has 0 aliphatic carbocycles. The fourth-order valence-corrected chi connectivity index (χ4v) is 2.16. The Morgan fingerprint density at radius 1 is 1.53 bits per heavy atom. The third kappa shape index (κ3) is 2.14. The number of hydrogen-bond donors (Lipinski definition) is 0. The van der Waals surface area contributed by atoms with Crippen LogP contribution < -0.4 is 0 Å². The molecule has 2 aromatic rings. The van der Waals surface area contributed by atoms with Gasteiger partial charge < -0.3 is 0 Å². The molecule has 0 saturated heterocycles. The summed E-state index contributed by atoms with van der Waals surface area (Å²) >= 11 is 6.14. The largest absolute Gasteiger partial charge is 0.242 e. The molecule has 1 unspecified atom stereocenters. The van der Waals surface area contributed by atoms with Crippen molar-refractivity contribution in [3.63, 3.8) is 0 Å². The van der Waals surface area contributed by atoms with Gasteiger partial charge in [-0.15, -0.1) is 5.10 Å². The minimum atomic E-state index is -1.11. The van der Waals surface area contributed by atoms with E-state index in [9.17, 15) is 4.39 Å². The standard InChI is InChI=1S/C12H15ClFN3/c1-4-5-10-15-12-7(2)6-9(8(3)14)11(13)17(12)16-10/h6,8H,4-5H2,1-3H3. The molecule has 0 amide bonds. The molecule has 2 rings (SSSR count). The number of hydrogen-bond acceptors (Lipinski definition) is 2. The Balaban J connectivity index is 2.66. The van der Waals surface area contributed by atoms with E-state index in [4.69, 9.17) is 11.6 Å². The molecule has 0 saturated carbocycles. The molecule has 2 aromatic heterocycles. The lowest BCUT2D eigenvalue weighted by Gasteiger charge is -2.08. The highest BCUT2D eigenvalue weighted by Crippen LogP contribution is 2.28. The molecule has 0 aromatic carbocycles. The number of rotatable bonds is 3. The normalized spacial score (nSPS) is 13.2. The average molecular weight is 256 g/mol. The van der Waals surface area contributed by atoms with Crippen LogP contribution in [0.5, 0.6) is 0 Å². The van der Waals surface area contributed by atoms with Crippen LogP contribution >= 0.6 is 11.6 Å². The fourth-order valence-electron chi connectivity index (χ4n) is 1.83. The predicted molar refractivity (Wildman–Crippen MR) is 66.3 cm³/mol. The maximum absolute atomic E-state index is 13.4. The van der Waals surface area contributed by atoms with Crippen LogP contribution in [0.25, 0.3) is 5.65 Å². The van der Waals surface area contributed by atoms with Crippen LogP contribution in [0.1, 0.15) is 43.4 Å². The lowest BCUT2D eigenvalue weighted by molar-refractivity contribution is 0.373. The number of pyridine rings is 1. The van der Waals surface area contributed by atoms with Gasteiger partial charge in [-0.25, -0.2) is 13.9 Å². The number of aromatic nitrogens is 3. The highest BCUT2D eigenvalue weighted by atomic mass is 35.5. The van der Waals surface area contributed by atoms with Crippen molar-refractivity contribution in [1.82, 2.24) is 14.6 Å². The SMILES string of the molecule is CCCc1nc2c(C)cc(C(C)F)c(Cl)n2n1. The smallest absolute Gasteiger partial charge is 0.160 e. The van der Waals surface area contributed by atoms with Crippen LogP contribution in [0.3, 0.4) is 0 Å². The summed E-state index contributed by atoms with van der Waals surface area (Å²) in [6.45, 7) is 5.42. The second-order valence-electron chi connectivity index (χ2n) is 4.20. The van der Waals surface area contributed by atoms with Gasteiger partial charge in [0.15, 0.2) is 11.5 Å². The van der Waals surface area contributed by atoms with E-state index >= 15 is 0 Å². The predicted octanol–water partition coefficient (Wildman–Crippen LogP) is 3.67. The quantitative estimate of drug-likeness (QED) is 0.784. The molecular weight excluding hydrogens is 241 g/mol. The topological polar surface area (TPSA) is 30.2 Å². The Bertz CT molecular complexity index is 548. The number of nitrogens with zero attached hydrogens (tertiary/aromatic N) is 3. The number of fused-ring (bicyclic) bond motifs is 1. The third-order valence-corrected chi connectivity index (χ3v) is 3.08. The zero-order valence-corrected chi connectivity index (χ0v) is 10.9. The van der Waals surface area contributed by atoms with Gasteiger partial charge in [-0.3, -0.25) is 0 Å². The summed E-state index contributed by atoms with van der Waals surface area (Å²) < 4.78 is 14.9. The van der Waals surface area contributed by atoms with E-state index in [1.807, 2.05) is 6.92 Å². The Hall–Kier alpha value is -1.16. The van der Waals surface area contributed by atoms with E-state index in [1.165, 1.54) is 11.4 Å². The van der Waals surface area contributed by atoms with Crippen LogP contribution in [0.15, 0.2) is 6.07 Å². The second-order valence-corrected chi connectivity index (χ2v) is 4.56. The van der Waals surface area contributed by atoms with Crippen LogP contribution in [-0.2, 0) is 6.42 Å². The maximum atomic E-state index is 13.4. The summed E-state index contributed by atoms with van der Waals surface area (Å²) in [5.41, 5.74) is 2.07. The van der Waals surface area contributed by atoms with Crippen molar-refractivity contribution in [3.8, 4) is 0 Å². The molecular formula is C12H15ClFN3. The zero-order chi connectivity index (χ0) is 12.6. The van der Waals surface area contributed by atoms with E-state index in [0.717, 1.165) is 24.2 Å². The van der Waals surface area contributed by atoms with Gasteiger partial charge in [-0.2, -0.15) is 0 Å². The van der Waals surface area contributed by atoms with Gasteiger partial charge >= 0.3 is 0 Å². The molecule has 0 N–H and O–H groups in total. The van der Waals surface area contributed by atoms with Crippen LogP contribution in [0, 0.1) is 6.92 Å². The first kappa shape index (κ1) is 12.3. The van der Waals surface area contributed by atoms with Gasteiger partial charge in [0, 0.05) is 12.0 Å². The summed E-state index contributed by atoms with van der Waals surface area (Å²) in [6, 6.07) is 1.74. The summed E-state index contributed by atoms with van der Waals surface area (Å²) in [4.78, 5) is 4.41. The molecule has 0 radical (unpaired) electrons. The fraction of sp³-hybridized carbons (Fsp3) is 0.500. The molecule has 17 heavy (non-hydrogen) atoms. The van der Waals surface area contributed by atoms with E-state index in [1.54, 1.807) is 6.07 Å². The molecule has 0 aliphatic heterocycles. The van der Waals surface area contributed by atoms with Crippen LogP contribution in [0.4, 0.5) is 4.39 Å². The van der Waals surface area contributed by atoms with Crippen LogP contribution in [-0.4, -0.2) is 14.6 Å². The summed E-state index contributed by atoms with van der Waals surface area (Å²) in [5, 5.41) is 4.63. The molecule has 0 spiro atoms. The summed E-state index contributed by atoms with van der Waals surface area (Å²) in [7, 11) is 0. The Morgan fingerprint density at radius 3 is 2.82 bits per heavy atom. The third-order valence-electron chi connectivity index (χ3n) is 2.70. The van der Waals surface area contributed by atoms with E-state index < -0.39 is 6.17 Å². The van der Waals surface area contributed by atoms with Gasteiger partial charge in [0.25, 0.3) is 0 Å². The number of aryl methyl sites for hydroxylation is 2. The molecule has 0 aliphatic rings. The molecule has 0 fully saturated rings.